The molecule has 1 nitrogen and oxygen atoms in total. The van der Waals surface area contributed by atoms with E-state index in [-0.39, 0.29) is 0 Å². The van der Waals surface area contributed by atoms with Crippen molar-refractivity contribution in [2.24, 2.45) is 12.5 Å². The molecule has 0 unspecified atom stereocenters. The zero-order valence-electron chi connectivity index (χ0n) is 18.6. The average Bonchev–Trinajstić information content (AvgIpc) is 2.45. The van der Waals surface area contributed by atoms with Crippen LogP contribution in [0.2, 0.25) is 17.3 Å². The third-order valence-electron chi connectivity index (χ3n) is 5.09. The Labute approximate surface area is 164 Å². The van der Waals surface area contributed by atoms with Gasteiger partial charge in [0.2, 0.25) is 0 Å². The van der Waals surface area contributed by atoms with E-state index >= 15 is 0 Å². The summed E-state index contributed by atoms with van der Waals surface area (Å²) in [4.78, 5) is 0. The van der Waals surface area contributed by atoms with Crippen LogP contribution in [0.4, 0.5) is 0 Å². The van der Waals surface area contributed by atoms with Gasteiger partial charge >= 0.3 is 164 Å². The standard InChI is InChI=1S/C24H38GeN/c1-17(2)19-12-11-18(3)21(13-19)23-14-22(25(7,8)9)20(16-26(23)10)15-24(4,5)6/h11-14,16-17H,15H2,1-10H3/q+1. The normalized spacial score (nSPS) is 12.7. The van der Waals surface area contributed by atoms with Crippen LogP contribution in [0.15, 0.2) is 30.5 Å². The Balaban J connectivity index is 2.70. The van der Waals surface area contributed by atoms with E-state index in [2.05, 4.69) is 101 Å². The molecule has 0 spiro atoms. The van der Waals surface area contributed by atoms with Crippen LogP contribution in [0.25, 0.3) is 11.3 Å². The summed E-state index contributed by atoms with van der Waals surface area (Å²) in [6.45, 7) is 13.8. The van der Waals surface area contributed by atoms with Gasteiger partial charge in [-0.3, -0.25) is 0 Å². The Bertz CT molecular complexity index is 789. The van der Waals surface area contributed by atoms with Crippen molar-refractivity contribution in [3.8, 4) is 11.3 Å². The molecule has 26 heavy (non-hydrogen) atoms. The Morgan fingerprint density at radius 2 is 1.65 bits per heavy atom. The molecule has 0 fully saturated rings. The van der Waals surface area contributed by atoms with Gasteiger partial charge in [-0.1, -0.05) is 0 Å². The van der Waals surface area contributed by atoms with E-state index in [0.717, 1.165) is 6.42 Å². The Morgan fingerprint density at radius 3 is 2.15 bits per heavy atom. The SMILES string of the molecule is Cc1ccc(C(C)C)cc1-c1c[c]([Ge]([CH3])([CH3])[CH3])c(CC(C)(C)C)c[n+]1C. The summed E-state index contributed by atoms with van der Waals surface area (Å²) >= 11 is -1.98. The molecule has 1 heterocycles. The number of pyridine rings is 1. The molecule has 2 heteroatoms. The Kier molecular flexibility index (Phi) is 6.12. The second kappa shape index (κ2) is 7.50. The summed E-state index contributed by atoms with van der Waals surface area (Å²) < 4.78 is 4.01. The van der Waals surface area contributed by atoms with Crippen molar-refractivity contribution >= 4 is 17.7 Å². The van der Waals surface area contributed by atoms with Gasteiger partial charge in [0.05, 0.1) is 0 Å². The molecule has 0 aliphatic carbocycles. The molecular weight excluding hydrogens is 375 g/mol. The molecule has 0 amide bonds. The van der Waals surface area contributed by atoms with Crippen molar-refractivity contribution in [2.75, 3.05) is 0 Å². The second-order valence-corrected chi connectivity index (χ2v) is 21.0. The van der Waals surface area contributed by atoms with Crippen LogP contribution in [-0.4, -0.2) is 13.3 Å². The first-order valence-electron chi connectivity index (χ1n) is 9.93. The zero-order valence-corrected chi connectivity index (χ0v) is 20.7. The molecule has 0 aliphatic heterocycles. The van der Waals surface area contributed by atoms with Gasteiger partial charge in [-0.15, -0.1) is 0 Å². The number of nitrogens with zero attached hydrogens (tertiary/aromatic N) is 1. The van der Waals surface area contributed by atoms with Crippen molar-refractivity contribution in [3.63, 3.8) is 0 Å². The van der Waals surface area contributed by atoms with Gasteiger partial charge in [-0.25, -0.2) is 0 Å². The topological polar surface area (TPSA) is 3.88 Å². The molecule has 1 aromatic heterocycles. The minimum atomic E-state index is -1.98. The number of aromatic nitrogens is 1. The fourth-order valence-electron chi connectivity index (χ4n) is 3.66. The second-order valence-electron chi connectivity index (χ2n) is 10.4. The summed E-state index contributed by atoms with van der Waals surface area (Å²) in [5.41, 5.74) is 7.38. The molecule has 1 aromatic carbocycles. The number of hydrogen-bond donors (Lipinski definition) is 0. The Hall–Kier alpha value is -1.09. The first-order valence-corrected chi connectivity index (χ1v) is 17.3. The maximum atomic E-state index is 2.52. The maximum absolute atomic E-state index is 2.52. The molecule has 0 aliphatic rings. The van der Waals surface area contributed by atoms with Crippen molar-refractivity contribution in [3.05, 3.63) is 47.2 Å². The molecule has 0 radical (unpaired) electrons. The predicted octanol–water partition coefficient (Wildman–Crippen LogP) is 5.74. The van der Waals surface area contributed by atoms with Crippen molar-refractivity contribution < 1.29 is 4.57 Å². The predicted molar refractivity (Wildman–Crippen MR) is 118 cm³/mol. The molecule has 142 valence electrons. The van der Waals surface area contributed by atoms with Gasteiger partial charge < -0.3 is 0 Å². The van der Waals surface area contributed by atoms with Gasteiger partial charge in [0.1, 0.15) is 0 Å². The first kappa shape index (κ1) is 21.2. The summed E-state index contributed by atoms with van der Waals surface area (Å²) in [6, 6.07) is 9.48. The summed E-state index contributed by atoms with van der Waals surface area (Å²) in [5.74, 6) is 8.10. The number of benzene rings is 1. The molecular formula is C24H38GeN+. The van der Waals surface area contributed by atoms with E-state index in [1.165, 1.54) is 22.4 Å². The van der Waals surface area contributed by atoms with Crippen LogP contribution in [0.1, 0.15) is 57.2 Å². The number of rotatable bonds is 4. The molecule has 0 N–H and O–H groups in total. The van der Waals surface area contributed by atoms with Gasteiger partial charge in [0.15, 0.2) is 0 Å². The van der Waals surface area contributed by atoms with Gasteiger partial charge in [0, 0.05) is 0 Å². The van der Waals surface area contributed by atoms with Crippen LogP contribution in [-0.2, 0) is 13.5 Å². The van der Waals surface area contributed by atoms with Crippen molar-refractivity contribution in [1.29, 1.82) is 0 Å². The van der Waals surface area contributed by atoms with Gasteiger partial charge in [-0.05, 0) is 0 Å². The van der Waals surface area contributed by atoms with Crippen LogP contribution < -0.4 is 8.96 Å². The van der Waals surface area contributed by atoms with Crippen molar-refractivity contribution in [2.45, 2.75) is 71.1 Å². The number of aryl methyl sites for hydroxylation is 2. The molecule has 2 rings (SSSR count). The average molecular weight is 413 g/mol. The van der Waals surface area contributed by atoms with Crippen LogP contribution >= 0.6 is 0 Å². The van der Waals surface area contributed by atoms with E-state index < -0.39 is 13.3 Å². The Morgan fingerprint density at radius 1 is 1.04 bits per heavy atom. The quantitative estimate of drug-likeness (QED) is 0.445. The summed E-state index contributed by atoms with van der Waals surface area (Å²) in [5, 5.41) is 0. The molecule has 0 saturated carbocycles. The summed E-state index contributed by atoms with van der Waals surface area (Å²) in [6.07, 6.45) is 3.55. The van der Waals surface area contributed by atoms with Crippen LogP contribution in [0.5, 0.6) is 0 Å². The van der Waals surface area contributed by atoms with Crippen LogP contribution in [0.3, 0.4) is 0 Å². The zero-order chi connectivity index (χ0) is 19.9. The van der Waals surface area contributed by atoms with Gasteiger partial charge in [0.25, 0.3) is 0 Å². The molecule has 0 bridgehead atoms. The van der Waals surface area contributed by atoms with E-state index in [4.69, 9.17) is 0 Å². The fourth-order valence-corrected chi connectivity index (χ4v) is 7.19. The van der Waals surface area contributed by atoms with E-state index in [9.17, 15) is 0 Å². The number of hydrogen-bond acceptors (Lipinski definition) is 0. The van der Waals surface area contributed by atoms with Crippen LogP contribution in [0, 0.1) is 12.3 Å². The third kappa shape index (κ3) is 5.00. The minimum absolute atomic E-state index is 0.310. The van der Waals surface area contributed by atoms with E-state index in [0.29, 0.717) is 11.3 Å². The van der Waals surface area contributed by atoms with E-state index in [1.54, 1.807) is 9.96 Å². The molecule has 0 atom stereocenters. The van der Waals surface area contributed by atoms with E-state index in [1.807, 2.05) is 0 Å². The molecule has 0 saturated heterocycles. The first-order chi connectivity index (χ1) is 11.8. The van der Waals surface area contributed by atoms with Crippen molar-refractivity contribution in [1.82, 2.24) is 0 Å². The third-order valence-corrected chi connectivity index (χ3v) is 9.46. The monoisotopic (exact) mass is 414 g/mol. The molecule has 2 aromatic rings. The summed E-state index contributed by atoms with van der Waals surface area (Å²) in [7, 11) is 2.21. The fraction of sp³-hybridized carbons (Fsp3) is 0.542. The van der Waals surface area contributed by atoms with Gasteiger partial charge in [-0.2, -0.15) is 0 Å².